The number of halogens is 1. The third-order valence-corrected chi connectivity index (χ3v) is 9.13. The maximum absolute atomic E-state index is 15.8. The fourth-order valence-electron chi connectivity index (χ4n) is 7.27. The van der Waals surface area contributed by atoms with E-state index in [1.54, 1.807) is 31.7 Å². The molecule has 40 heavy (non-hydrogen) atoms. The van der Waals surface area contributed by atoms with Gasteiger partial charge in [-0.15, -0.1) is 0 Å². The quantitative estimate of drug-likeness (QED) is 0.466. The summed E-state index contributed by atoms with van der Waals surface area (Å²) in [6.45, 7) is 8.70. The molecule has 2 aliphatic heterocycles. The van der Waals surface area contributed by atoms with Crippen LogP contribution in [0.15, 0.2) is 12.1 Å². The first-order valence-corrected chi connectivity index (χ1v) is 14.8. The molecule has 2 saturated heterocycles. The summed E-state index contributed by atoms with van der Waals surface area (Å²) in [5, 5.41) is 0. The van der Waals surface area contributed by atoms with Crippen molar-refractivity contribution in [2.45, 2.75) is 95.9 Å². The minimum Gasteiger partial charge on any atom is -0.469 e. The zero-order valence-electron chi connectivity index (χ0n) is 24.2. The second-order valence-corrected chi connectivity index (χ2v) is 12.9. The molecule has 8 nitrogen and oxygen atoms in total. The van der Waals surface area contributed by atoms with Crippen LogP contribution in [0.5, 0.6) is 0 Å². The van der Waals surface area contributed by atoms with Gasteiger partial charge in [0.25, 0.3) is 0 Å². The third kappa shape index (κ3) is 6.05. The van der Waals surface area contributed by atoms with E-state index in [0.717, 1.165) is 69.5 Å². The first kappa shape index (κ1) is 29.0. The van der Waals surface area contributed by atoms with Gasteiger partial charge in [-0.25, -0.2) is 9.18 Å². The second-order valence-electron chi connectivity index (χ2n) is 12.9. The lowest BCUT2D eigenvalue weighted by molar-refractivity contribution is -0.147. The van der Waals surface area contributed by atoms with E-state index >= 15 is 4.39 Å². The Morgan fingerprint density at radius 3 is 2.55 bits per heavy atom. The van der Waals surface area contributed by atoms with Crippen LogP contribution in [0.3, 0.4) is 0 Å². The van der Waals surface area contributed by atoms with Crippen LogP contribution in [0.1, 0.15) is 69.6 Å². The summed E-state index contributed by atoms with van der Waals surface area (Å²) in [6, 6.07) is 3.49. The van der Waals surface area contributed by atoms with Gasteiger partial charge in [0.1, 0.15) is 11.4 Å². The predicted molar refractivity (Wildman–Crippen MR) is 146 cm³/mol. The number of ketones is 1. The number of methoxy groups -OCH3 is 1. The molecule has 1 saturated carbocycles. The summed E-state index contributed by atoms with van der Waals surface area (Å²) < 4.78 is 32.0. The first-order valence-electron chi connectivity index (χ1n) is 14.8. The summed E-state index contributed by atoms with van der Waals surface area (Å²) >= 11 is 0. The van der Waals surface area contributed by atoms with Gasteiger partial charge in [-0.2, -0.15) is 0 Å². The fourth-order valence-corrected chi connectivity index (χ4v) is 7.27. The van der Waals surface area contributed by atoms with Crippen molar-refractivity contribution in [1.29, 1.82) is 0 Å². The van der Waals surface area contributed by atoms with E-state index in [1.165, 1.54) is 7.11 Å². The molecule has 0 spiro atoms. The van der Waals surface area contributed by atoms with Crippen molar-refractivity contribution < 1.29 is 33.0 Å². The van der Waals surface area contributed by atoms with Crippen LogP contribution in [0.4, 0.5) is 9.18 Å². The van der Waals surface area contributed by atoms with Gasteiger partial charge < -0.3 is 14.2 Å². The van der Waals surface area contributed by atoms with Crippen molar-refractivity contribution in [2.75, 3.05) is 33.4 Å². The number of carbonyl (C=O) groups is 3. The molecule has 2 bridgehead atoms. The molecule has 9 heteroatoms. The third-order valence-electron chi connectivity index (χ3n) is 9.13. The standard InChI is InChI=1S/C31H43FN2O6/c1-31(2,3)40-30(37)34-24-8-7-21(17-24)28(34)26(35)18-22(29(36)38-4)15-20-6-5-19-16-23(9-10-25(19)27(20)32)33-11-13-39-14-12-33/h5-6,21-24,28H,7-18H2,1-4H3/t21-,22+,23?,24+,28-/m0/s1. The number of hydrogen-bond acceptors (Lipinski definition) is 7. The second kappa shape index (κ2) is 11.8. The maximum atomic E-state index is 15.8. The van der Waals surface area contributed by atoms with E-state index in [9.17, 15) is 14.4 Å². The van der Waals surface area contributed by atoms with Crippen molar-refractivity contribution in [3.05, 3.63) is 34.6 Å². The highest BCUT2D eigenvalue weighted by Gasteiger charge is 2.52. The Morgan fingerprint density at radius 1 is 1.10 bits per heavy atom. The van der Waals surface area contributed by atoms with E-state index in [0.29, 0.717) is 18.0 Å². The average Bonchev–Trinajstić information content (AvgIpc) is 3.55. The average molecular weight is 559 g/mol. The smallest absolute Gasteiger partial charge is 0.411 e. The normalized spacial score (nSPS) is 27.3. The number of fused-ring (bicyclic) bond motifs is 3. The lowest BCUT2D eigenvalue weighted by Gasteiger charge is -2.37. The molecule has 3 fully saturated rings. The van der Waals surface area contributed by atoms with Crippen LogP contribution in [-0.2, 0) is 43.1 Å². The minimum atomic E-state index is -0.825. The van der Waals surface area contributed by atoms with Gasteiger partial charge in [-0.1, -0.05) is 12.1 Å². The number of likely N-dealkylation sites (tertiary alicyclic amines) is 1. The predicted octanol–water partition coefficient (Wildman–Crippen LogP) is 4.09. The highest BCUT2D eigenvalue weighted by Crippen LogP contribution is 2.44. The molecule has 5 rings (SSSR count). The Hall–Kier alpha value is -2.52. The zero-order valence-corrected chi connectivity index (χ0v) is 24.2. The van der Waals surface area contributed by atoms with E-state index < -0.39 is 29.6 Å². The van der Waals surface area contributed by atoms with Gasteiger partial charge >= 0.3 is 12.1 Å². The van der Waals surface area contributed by atoms with Gasteiger partial charge in [0.05, 0.1) is 32.3 Å². The number of ether oxygens (including phenoxy) is 3. The molecule has 5 atom stereocenters. The Morgan fingerprint density at radius 2 is 1.85 bits per heavy atom. The number of carbonyl (C=O) groups excluding carboxylic acids is 3. The molecule has 0 N–H and O–H groups in total. The molecule has 1 unspecified atom stereocenters. The summed E-state index contributed by atoms with van der Waals surface area (Å²) in [5.74, 6) is -1.75. The number of esters is 1. The van der Waals surface area contributed by atoms with Gasteiger partial charge in [0.15, 0.2) is 5.78 Å². The van der Waals surface area contributed by atoms with Crippen molar-refractivity contribution in [3.8, 4) is 0 Å². The zero-order chi connectivity index (χ0) is 28.6. The Balaban J connectivity index is 1.30. The molecular weight excluding hydrogens is 515 g/mol. The lowest BCUT2D eigenvalue weighted by atomic mass is 9.83. The molecule has 2 heterocycles. The molecule has 0 radical (unpaired) electrons. The van der Waals surface area contributed by atoms with Crippen LogP contribution in [0, 0.1) is 17.7 Å². The number of piperidine rings is 1. The number of rotatable bonds is 7. The van der Waals surface area contributed by atoms with Crippen LogP contribution in [0.25, 0.3) is 0 Å². The number of nitrogens with zero attached hydrogens (tertiary/aromatic N) is 2. The van der Waals surface area contributed by atoms with Gasteiger partial charge in [0.2, 0.25) is 0 Å². The number of Topliss-reactive ketones (excluding diaryl/α,β-unsaturated/α-hetero) is 1. The van der Waals surface area contributed by atoms with Crippen LogP contribution < -0.4 is 0 Å². The van der Waals surface area contributed by atoms with E-state index in [2.05, 4.69) is 4.90 Å². The summed E-state index contributed by atoms with van der Waals surface area (Å²) in [7, 11) is 1.29. The summed E-state index contributed by atoms with van der Waals surface area (Å²) in [5.41, 5.74) is 1.50. The Labute approximate surface area is 236 Å². The van der Waals surface area contributed by atoms with Crippen molar-refractivity contribution in [3.63, 3.8) is 0 Å². The molecule has 220 valence electrons. The number of morpholine rings is 1. The number of hydrogen-bond donors (Lipinski definition) is 0. The van der Waals surface area contributed by atoms with E-state index in [1.807, 2.05) is 6.07 Å². The molecule has 0 aromatic heterocycles. The number of benzene rings is 1. The van der Waals surface area contributed by atoms with Crippen molar-refractivity contribution in [1.82, 2.24) is 9.80 Å². The van der Waals surface area contributed by atoms with Crippen molar-refractivity contribution >= 4 is 17.8 Å². The van der Waals surface area contributed by atoms with Crippen LogP contribution in [-0.4, -0.2) is 84.8 Å². The van der Waals surface area contributed by atoms with Crippen molar-refractivity contribution in [2.24, 2.45) is 11.8 Å². The van der Waals surface area contributed by atoms with Gasteiger partial charge in [-0.05, 0) is 88.3 Å². The SMILES string of the molecule is COC(=O)[C@@H](CC(=O)[C@@H]1[C@H]2CC[C@H](C2)N1C(=O)OC(C)(C)C)Cc1ccc2c(c1F)CCC(N1CCOCC1)C2. The van der Waals surface area contributed by atoms with E-state index in [-0.39, 0.29) is 36.4 Å². The maximum Gasteiger partial charge on any atom is 0.411 e. The first-order chi connectivity index (χ1) is 19.1. The minimum absolute atomic E-state index is 0.0234. The molecule has 1 aromatic rings. The molecule has 2 aliphatic carbocycles. The number of amides is 1. The molecule has 1 amide bonds. The molecule has 1 aromatic carbocycles. The Bertz CT molecular complexity index is 1130. The van der Waals surface area contributed by atoms with Gasteiger partial charge in [0, 0.05) is 31.6 Å². The largest absolute Gasteiger partial charge is 0.469 e. The molecule has 4 aliphatic rings. The summed E-state index contributed by atoms with van der Waals surface area (Å²) in [6.07, 6.45) is 4.32. The lowest BCUT2D eigenvalue weighted by Crippen LogP contribution is -2.51. The fraction of sp³-hybridized carbons (Fsp3) is 0.710. The van der Waals surface area contributed by atoms with Crippen LogP contribution >= 0.6 is 0 Å². The monoisotopic (exact) mass is 558 g/mol. The molecular formula is C31H43FN2O6. The van der Waals surface area contributed by atoms with Crippen LogP contribution in [0.2, 0.25) is 0 Å². The summed E-state index contributed by atoms with van der Waals surface area (Å²) in [4.78, 5) is 43.6. The van der Waals surface area contributed by atoms with E-state index in [4.69, 9.17) is 14.2 Å². The van der Waals surface area contributed by atoms with Gasteiger partial charge in [-0.3, -0.25) is 19.4 Å². The topological polar surface area (TPSA) is 85.4 Å². The highest BCUT2D eigenvalue weighted by molar-refractivity contribution is 5.91. The Kier molecular flexibility index (Phi) is 8.53. The highest BCUT2D eigenvalue weighted by atomic mass is 19.1.